The van der Waals surface area contributed by atoms with Gasteiger partial charge in [-0.1, -0.05) is 54.6 Å². The second-order valence-electron chi connectivity index (χ2n) is 4.47. The van der Waals surface area contributed by atoms with Gasteiger partial charge in [-0.2, -0.15) is 0 Å². The number of rotatable bonds is 3. The first-order valence-corrected chi connectivity index (χ1v) is 7.98. The van der Waals surface area contributed by atoms with Crippen molar-refractivity contribution in [2.24, 2.45) is 0 Å². The molecule has 0 aliphatic heterocycles. The van der Waals surface area contributed by atoms with E-state index in [4.69, 9.17) is 0 Å². The fraction of sp³-hybridized carbons (Fsp3) is 0. The quantitative estimate of drug-likeness (QED) is 0.494. The molecule has 2 heteroatoms. The Hall–Kier alpha value is -1.29. The molecule has 20 heavy (non-hydrogen) atoms. The van der Waals surface area contributed by atoms with Gasteiger partial charge < -0.3 is 0 Å². The van der Waals surface area contributed by atoms with Crippen LogP contribution in [0.3, 0.4) is 0 Å². The van der Waals surface area contributed by atoms with Crippen LogP contribution in [0.25, 0.3) is 0 Å². The summed E-state index contributed by atoms with van der Waals surface area (Å²) in [7, 11) is -0.877. The smallest absolute Gasteiger partial charge is 0.0620 e. The maximum Gasteiger partial charge on any atom is 0.102 e. The normalized spacial score (nSPS) is 10.1. The van der Waals surface area contributed by atoms with Crippen LogP contribution in [-0.2, 0) is 19.5 Å². The van der Waals surface area contributed by atoms with Gasteiger partial charge in [-0.15, -0.1) is 0 Å². The first-order valence-electron chi connectivity index (χ1n) is 6.48. The second kappa shape index (κ2) is 7.48. The average molecular weight is 366 g/mol. The summed E-state index contributed by atoms with van der Waals surface area (Å²) in [5.74, 6) is 0. The predicted octanol–water partition coefficient (Wildman–Crippen LogP) is 3.17. The van der Waals surface area contributed by atoms with Crippen molar-refractivity contribution >= 4 is 23.8 Å². The van der Waals surface area contributed by atoms with Gasteiger partial charge in [-0.25, -0.2) is 0 Å². The van der Waals surface area contributed by atoms with Crippen LogP contribution in [0.5, 0.6) is 0 Å². The molecular formula is C18H16PRh+. The van der Waals surface area contributed by atoms with Gasteiger partial charge in [0.1, 0.15) is 15.9 Å². The Morgan fingerprint density at radius 1 is 0.400 bits per heavy atom. The van der Waals surface area contributed by atoms with Crippen molar-refractivity contribution in [1.29, 1.82) is 0 Å². The van der Waals surface area contributed by atoms with Gasteiger partial charge in [0.05, 0.1) is 7.92 Å². The van der Waals surface area contributed by atoms with Gasteiger partial charge in [0.25, 0.3) is 0 Å². The predicted molar refractivity (Wildman–Crippen MR) is 86.5 cm³/mol. The monoisotopic (exact) mass is 366 g/mol. The Morgan fingerprint density at radius 2 is 0.650 bits per heavy atom. The first kappa shape index (κ1) is 15.1. The van der Waals surface area contributed by atoms with Crippen molar-refractivity contribution in [3.63, 3.8) is 0 Å². The van der Waals surface area contributed by atoms with Crippen LogP contribution < -0.4 is 15.9 Å². The molecule has 0 aliphatic carbocycles. The van der Waals surface area contributed by atoms with Gasteiger partial charge >= 0.3 is 0 Å². The first-order chi connectivity index (χ1) is 9.45. The molecule has 0 nitrogen and oxygen atoms in total. The standard InChI is InChI=1S/C18H15P.Rh/c1-4-10-16(11-5-1)19(17-12-6-2-7-13-17)18-14-8-3-9-15-18;/h1-15H;/p+1. The van der Waals surface area contributed by atoms with E-state index in [1.807, 2.05) is 0 Å². The summed E-state index contributed by atoms with van der Waals surface area (Å²) < 4.78 is 0. The molecule has 0 spiro atoms. The summed E-state index contributed by atoms with van der Waals surface area (Å²) in [6, 6.07) is 32.5. The third kappa shape index (κ3) is 3.42. The molecule has 0 unspecified atom stereocenters. The third-order valence-corrected chi connectivity index (χ3v) is 5.92. The van der Waals surface area contributed by atoms with E-state index in [-0.39, 0.29) is 19.5 Å². The molecule has 0 aromatic heterocycles. The van der Waals surface area contributed by atoms with Crippen LogP contribution in [0.2, 0.25) is 0 Å². The minimum atomic E-state index is -0.877. The summed E-state index contributed by atoms with van der Waals surface area (Å²) in [5.41, 5.74) is 0. The fourth-order valence-corrected chi connectivity index (χ4v) is 4.89. The van der Waals surface area contributed by atoms with Gasteiger partial charge in [0, 0.05) is 19.5 Å². The molecule has 0 fully saturated rings. The van der Waals surface area contributed by atoms with Gasteiger partial charge in [0.2, 0.25) is 0 Å². The molecule has 0 saturated carbocycles. The topological polar surface area (TPSA) is 0 Å². The third-order valence-electron chi connectivity index (χ3n) is 3.19. The van der Waals surface area contributed by atoms with Crippen LogP contribution in [0.1, 0.15) is 0 Å². The number of benzene rings is 3. The van der Waals surface area contributed by atoms with E-state index in [9.17, 15) is 0 Å². The van der Waals surface area contributed by atoms with Gasteiger partial charge in [-0.05, 0) is 36.4 Å². The molecule has 3 aromatic carbocycles. The van der Waals surface area contributed by atoms with Crippen LogP contribution >= 0.6 is 7.92 Å². The fourth-order valence-electron chi connectivity index (χ4n) is 2.31. The molecule has 3 rings (SSSR count). The molecule has 0 N–H and O–H groups in total. The molecule has 0 aliphatic rings. The minimum Gasteiger partial charge on any atom is -0.0620 e. The Bertz CT molecular complexity index is 529. The SMILES string of the molecule is [Rh].c1ccc([PH+](c2ccccc2)c2ccccc2)cc1. The van der Waals surface area contributed by atoms with Crippen molar-refractivity contribution in [2.45, 2.75) is 0 Å². The van der Waals surface area contributed by atoms with Gasteiger partial charge in [-0.3, -0.25) is 0 Å². The van der Waals surface area contributed by atoms with E-state index >= 15 is 0 Å². The molecule has 0 saturated heterocycles. The molecule has 0 amide bonds. The Balaban J connectivity index is 0.00000147. The maximum atomic E-state index is 2.24. The minimum absolute atomic E-state index is 0. The van der Waals surface area contributed by atoms with E-state index < -0.39 is 7.92 Å². The maximum absolute atomic E-state index is 2.24. The largest absolute Gasteiger partial charge is 0.102 e. The molecule has 0 bridgehead atoms. The summed E-state index contributed by atoms with van der Waals surface area (Å²) in [6.45, 7) is 0. The second-order valence-corrected chi connectivity index (χ2v) is 6.96. The summed E-state index contributed by atoms with van der Waals surface area (Å²) in [5, 5.41) is 4.31. The van der Waals surface area contributed by atoms with Crippen LogP contribution in [0.15, 0.2) is 91.0 Å². The van der Waals surface area contributed by atoms with Crippen molar-refractivity contribution in [3.8, 4) is 0 Å². The number of hydrogen-bond donors (Lipinski definition) is 0. The zero-order valence-electron chi connectivity index (χ0n) is 11.0. The van der Waals surface area contributed by atoms with Crippen molar-refractivity contribution in [2.75, 3.05) is 0 Å². The molecule has 101 valence electrons. The van der Waals surface area contributed by atoms with Gasteiger partial charge in [0.15, 0.2) is 0 Å². The number of hydrogen-bond acceptors (Lipinski definition) is 0. The zero-order chi connectivity index (χ0) is 12.9. The molecule has 3 aromatic rings. The Labute approximate surface area is 134 Å². The van der Waals surface area contributed by atoms with E-state index in [1.54, 1.807) is 0 Å². The molecule has 0 atom stereocenters. The van der Waals surface area contributed by atoms with Crippen LogP contribution in [-0.4, -0.2) is 0 Å². The Morgan fingerprint density at radius 3 is 0.900 bits per heavy atom. The molecule has 1 radical (unpaired) electrons. The summed E-state index contributed by atoms with van der Waals surface area (Å²) in [4.78, 5) is 0. The Kier molecular flexibility index (Phi) is 5.65. The van der Waals surface area contributed by atoms with E-state index in [0.717, 1.165) is 0 Å². The molecular weight excluding hydrogens is 350 g/mol. The van der Waals surface area contributed by atoms with E-state index in [0.29, 0.717) is 0 Å². The zero-order valence-corrected chi connectivity index (χ0v) is 13.6. The summed E-state index contributed by atoms with van der Waals surface area (Å²) in [6.07, 6.45) is 0. The van der Waals surface area contributed by atoms with Crippen molar-refractivity contribution < 1.29 is 19.5 Å². The molecule has 0 heterocycles. The van der Waals surface area contributed by atoms with Crippen LogP contribution in [0.4, 0.5) is 0 Å². The van der Waals surface area contributed by atoms with Crippen molar-refractivity contribution in [3.05, 3.63) is 91.0 Å². The summed E-state index contributed by atoms with van der Waals surface area (Å²) >= 11 is 0. The van der Waals surface area contributed by atoms with Crippen molar-refractivity contribution in [1.82, 2.24) is 0 Å². The van der Waals surface area contributed by atoms with Crippen LogP contribution in [0, 0.1) is 0 Å². The average Bonchev–Trinajstić information content (AvgIpc) is 2.51. The van der Waals surface area contributed by atoms with E-state index in [1.165, 1.54) is 15.9 Å². The van der Waals surface area contributed by atoms with E-state index in [2.05, 4.69) is 91.0 Å².